The number of allylic oxidation sites excluding steroid dienone is 8. The van der Waals surface area contributed by atoms with Gasteiger partial charge in [0, 0.05) is 44.3 Å². The van der Waals surface area contributed by atoms with Crippen LogP contribution in [0.1, 0.15) is 18.2 Å². The molecule has 0 N–H and O–H groups in total. The second kappa shape index (κ2) is 15.1. The molecule has 0 fully saturated rings. The van der Waals surface area contributed by atoms with Crippen LogP contribution in [0.5, 0.6) is 0 Å². The second-order valence-electron chi connectivity index (χ2n) is 12.8. The van der Waals surface area contributed by atoms with Crippen LogP contribution in [0.4, 0.5) is 0 Å². The first-order valence-electron chi connectivity index (χ1n) is 17.7. The molecule has 5 aromatic carbocycles. The van der Waals surface area contributed by atoms with Gasteiger partial charge in [-0.1, -0.05) is 147 Å². The molecule has 5 nitrogen and oxygen atoms in total. The second-order valence-corrected chi connectivity index (χ2v) is 13.9. The fourth-order valence-corrected chi connectivity index (χ4v) is 7.49. The molecule has 0 atom stereocenters. The molecular formula is C48H36N4OS. The minimum absolute atomic E-state index is 0.604. The molecule has 0 aliphatic carbocycles. The minimum atomic E-state index is 0.604. The maximum atomic E-state index is 6.72. The van der Waals surface area contributed by atoms with E-state index in [0.29, 0.717) is 17.5 Å². The summed E-state index contributed by atoms with van der Waals surface area (Å²) >= 11 is 1.67. The van der Waals surface area contributed by atoms with Crippen LogP contribution in [0.25, 0.3) is 82.6 Å². The SMILES string of the molecule is C=C\C=C/C=C(C)/C(=C/C=C)c1oc2c(-c3cccc(-c4nc5cc(-c6nc(-c7ccccc7)nc(-c7ccccc7)n6)ccc5s4)c3)cccc2c1C. The third kappa shape index (κ3) is 6.78. The lowest BCUT2D eigenvalue weighted by atomic mass is 9.98. The molecule has 6 heteroatoms. The van der Waals surface area contributed by atoms with E-state index in [2.05, 4.69) is 93.7 Å². The Hall–Kier alpha value is -6.76. The molecule has 0 unspecified atom stereocenters. The van der Waals surface area contributed by atoms with Gasteiger partial charge in [-0.15, -0.1) is 11.3 Å². The Labute approximate surface area is 318 Å². The van der Waals surface area contributed by atoms with Crippen molar-refractivity contribution in [1.82, 2.24) is 19.9 Å². The van der Waals surface area contributed by atoms with Crippen molar-refractivity contribution in [2.45, 2.75) is 13.8 Å². The van der Waals surface area contributed by atoms with Gasteiger partial charge in [-0.2, -0.15) is 0 Å². The molecule has 0 aliphatic heterocycles. The summed E-state index contributed by atoms with van der Waals surface area (Å²) in [6.07, 6.45) is 11.5. The van der Waals surface area contributed by atoms with Crippen molar-refractivity contribution in [3.63, 3.8) is 0 Å². The largest absolute Gasteiger partial charge is 0.455 e. The number of thiazole rings is 1. The first-order chi connectivity index (χ1) is 26.5. The Morgan fingerprint density at radius 3 is 1.94 bits per heavy atom. The van der Waals surface area contributed by atoms with Gasteiger partial charge in [-0.25, -0.2) is 19.9 Å². The smallest absolute Gasteiger partial charge is 0.164 e. The number of para-hydroxylation sites is 1. The molecule has 260 valence electrons. The van der Waals surface area contributed by atoms with Crippen molar-refractivity contribution in [1.29, 1.82) is 0 Å². The van der Waals surface area contributed by atoms with Crippen molar-refractivity contribution in [2.75, 3.05) is 0 Å². The normalized spacial score (nSPS) is 12.2. The van der Waals surface area contributed by atoms with E-state index in [1.54, 1.807) is 23.5 Å². The molecule has 3 heterocycles. The maximum absolute atomic E-state index is 6.72. The number of hydrogen-bond donors (Lipinski definition) is 0. The number of furan rings is 1. The van der Waals surface area contributed by atoms with Crippen molar-refractivity contribution in [3.8, 4) is 55.9 Å². The Morgan fingerprint density at radius 2 is 1.26 bits per heavy atom. The number of benzene rings is 5. The molecule has 0 amide bonds. The third-order valence-corrected chi connectivity index (χ3v) is 10.4. The highest BCUT2D eigenvalue weighted by atomic mass is 32.1. The molecule has 0 aliphatic rings. The first kappa shape index (κ1) is 34.3. The number of hydrogen-bond acceptors (Lipinski definition) is 6. The molecule has 0 bridgehead atoms. The van der Waals surface area contributed by atoms with Gasteiger partial charge < -0.3 is 4.42 Å². The summed E-state index contributed by atoms with van der Waals surface area (Å²) in [4.78, 5) is 19.8. The topological polar surface area (TPSA) is 64.7 Å². The van der Waals surface area contributed by atoms with Crippen LogP contribution < -0.4 is 0 Å². The molecule has 54 heavy (non-hydrogen) atoms. The van der Waals surface area contributed by atoms with E-state index >= 15 is 0 Å². The van der Waals surface area contributed by atoms with Crippen LogP contribution in [-0.2, 0) is 0 Å². The molecule has 0 saturated carbocycles. The highest BCUT2D eigenvalue weighted by Crippen LogP contribution is 2.40. The molecular weight excluding hydrogens is 681 g/mol. The van der Waals surface area contributed by atoms with Gasteiger partial charge in [0.2, 0.25) is 0 Å². The van der Waals surface area contributed by atoms with Crippen molar-refractivity contribution >= 4 is 38.1 Å². The predicted molar refractivity (Wildman–Crippen MR) is 226 cm³/mol. The zero-order valence-electron chi connectivity index (χ0n) is 30.0. The molecule has 0 saturated heterocycles. The van der Waals surface area contributed by atoms with E-state index in [9.17, 15) is 0 Å². The average Bonchev–Trinajstić information content (AvgIpc) is 3.81. The zero-order chi connectivity index (χ0) is 37.0. The summed E-state index contributed by atoms with van der Waals surface area (Å²) in [6, 6.07) is 41.1. The summed E-state index contributed by atoms with van der Waals surface area (Å²) in [6.45, 7) is 11.9. The average molecular weight is 717 g/mol. The van der Waals surface area contributed by atoms with Gasteiger partial charge in [0.05, 0.1) is 10.2 Å². The number of fused-ring (bicyclic) bond motifs is 2. The van der Waals surface area contributed by atoms with Crippen LogP contribution in [-0.4, -0.2) is 19.9 Å². The van der Waals surface area contributed by atoms with Crippen LogP contribution in [0.2, 0.25) is 0 Å². The Bertz CT molecular complexity index is 2710. The standard InChI is InChI=1S/C48H36N4OS/c1-5-7-10-18-31(3)38(17-6-2)43-32(4)39-25-16-26-40(44(39)53-43)35-23-15-24-37(29-35)48-49-41-30-36(27-28-42(41)54-48)47-51-45(33-19-11-8-12-20-33)50-46(52-47)34-21-13-9-14-22-34/h5-30H,1-2H2,3-4H3/b10-7-,31-18+,38-17-. The van der Waals surface area contributed by atoms with Gasteiger partial charge >= 0.3 is 0 Å². The maximum Gasteiger partial charge on any atom is 0.164 e. The van der Waals surface area contributed by atoms with Crippen LogP contribution in [0, 0.1) is 6.92 Å². The Balaban J connectivity index is 1.16. The molecule has 8 rings (SSSR count). The van der Waals surface area contributed by atoms with Gasteiger partial charge in [-0.05, 0) is 49.2 Å². The molecule has 8 aromatic rings. The Morgan fingerprint density at radius 1 is 0.611 bits per heavy atom. The van der Waals surface area contributed by atoms with E-state index in [4.69, 9.17) is 24.4 Å². The fraction of sp³-hybridized carbons (Fsp3) is 0.0417. The first-order valence-corrected chi connectivity index (χ1v) is 18.5. The van der Waals surface area contributed by atoms with Crippen molar-refractivity contribution < 1.29 is 4.42 Å². The monoisotopic (exact) mass is 716 g/mol. The van der Waals surface area contributed by atoms with Gasteiger partial charge in [-0.3, -0.25) is 0 Å². The third-order valence-electron chi connectivity index (χ3n) is 9.28. The fourth-order valence-electron chi connectivity index (χ4n) is 6.55. The van der Waals surface area contributed by atoms with E-state index in [1.165, 1.54) is 0 Å². The summed E-state index contributed by atoms with van der Waals surface area (Å²) in [5, 5.41) is 2.01. The number of nitrogens with zero attached hydrogens (tertiary/aromatic N) is 4. The number of aryl methyl sites for hydroxylation is 1. The predicted octanol–water partition coefficient (Wildman–Crippen LogP) is 13.1. The van der Waals surface area contributed by atoms with Crippen LogP contribution >= 0.6 is 11.3 Å². The van der Waals surface area contributed by atoms with Crippen molar-refractivity contribution in [2.24, 2.45) is 0 Å². The highest BCUT2D eigenvalue weighted by molar-refractivity contribution is 7.21. The van der Waals surface area contributed by atoms with E-state index < -0.39 is 0 Å². The molecule has 0 radical (unpaired) electrons. The highest BCUT2D eigenvalue weighted by Gasteiger charge is 2.19. The summed E-state index contributed by atoms with van der Waals surface area (Å²) in [5.41, 5.74) is 10.8. The summed E-state index contributed by atoms with van der Waals surface area (Å²) < 4.78 is 7.80. The zero-order valence-corrected chi connectivity index (χ0v) is 30.8. The lowest BCUT2D eigenvalue weighted by molar-refractivity contribution is 0.598. The van der Waals surface area contributed by atoms with Gasteiger partial charge in [0.15, 0.2) is 17.5 Å². The van der Waals surface area contributed by atoms with Gasteiger partial charge in [0.1, 0.15) is 16.4 Å². The molecule has 0 spiro atoms. The minimum Gasteiger partial charge on any atom is -0.455 e. The van der Waals surface area contributed by atoms with Crippen LogP contribution in [0.15, 0.2) is 181 Å². The summed E-state index contributed by atoms with van der Waals surface area (Å²) in [5.74, 6) is 2.70. The van der Waals surface area contributed by atoms with E-state index in [1.807, 2.05) is 78.9 Å². The van der Waals surface area contributed by atoms with E-state index in [0.717, 1.165) is 82.0 Å². The molecule has 3 aromatic heterocycles. The summed E-state index contributed by atoms with van der Waals surface area (Å²) in [7, 11) is 0. The lowest BCUT2D eigenvalue weighted by Gasteiger charge is -2.08. The van der Waals surface area contributed by atoms with Crippen LogP contribution in [0.3, 0.4) is 0 Å². The van der Waals surface area contributed by atoms with Gasteiger partial charge in [0.25, 0.3) is 0 Å². The quantitative estimate of drug-likeness (QED) is 0.132. The van der Waals surface area contributed by atoms with E-state index in [-0.39, 0.29) is 0 Å². The Kier molecular flexibility index (Phi) is 9.58. The lowest BCUT2D eigenvalue weighted by Crippen LogP contribution is -2.00. The number of rotatable bonds is 10. The van der Waals surface area contributed by atoms with Crippen molar-refractivity contribution in [3.05, 3.63) is 188 Å². The number of aromatic nitrogens is 4.